The maximum absolute atomic E-state index is 13.3. The fourth-order valence-electron chi connectivity index (χ4n) is 4.08. The number of anilines is 1. The molecule has 0 N–H and O–H groups in total. The molecule has 0 saturated carbocycles. The van der Waals surface area contributed by atoms with Crippen LogP contribution in [0.2, 0.25) is 0 Å². The minimum Gasteiger partial charge on any atom is -0.459 e. The standard InChI is InChI=1S/C22H27N5O2/c1-17-6-9-23-21(15-17)27(22(28)20-5-3-14-29-20)19-7-11-25(16-18(19)2)12-13-26-10-4-8-24-26/h3-6,8-10,14-15,18-19H,7,11-13,16H2,1-2H3. The van der Waals surface area contributed by atoms with E-state index in [9.17, 15) is 4.79 Å². The molecule has 2 atom stereocenters. The Bertz CT molecular complexity index is 923. The maximum Gasteiger partial charge on any atom is 0.295 e. The average molecular weight is 393 g/mol. The largest absolute Gasteiger partial charge is 0.459 e. The Morgan fingerprint density at radius 1 is 1.28 bits per heavy atom. The topological polar surface area (TPSA) is 67.4 Å². The molecule has 3 aromatic rings. The molecule has 4 rings (SSSR count). The number of hydrogen-bond acceptors (Lipinski definition) is 5. The van der Waals surface area contributed by atoms with Gasteiger partial charge in [0.25, 0.3) is 5.91 Å². The highest BCUT2D eigenvalue weighted by Gasteiger charge is 2.36. The summed E-state index contributed by atoms with van der Waals surface area (Å²) in [5, 5.41) is 4.28. The van der Waals surface area contributed by atoms with Gasteiger partial charge in [-0.1, -0.05) is 6.92 Å². The number of piperidine rings is 1. The summed E-state index contributed by atoms with van der Waals surface area (Å²) in [6.07, 6.45) is 7.99. The van der Waals surface area contributed by atoms with Crippen molar-refractivity contribution in [1.82, 2.24) is 19.7 Å². The lowest BCUT2D eigenvalue weighted by molar-refractivity contribution is 0.0902. The van der Waals surface area contributed by atoms with Crippen molar-refractivity contribution in [3.8, 4) is 0 Å². The summed E-state index contributed by atoms with van der Waals surface area (Å²) >= 11 is 0. The smallest absolute Gasteiger partial charge is 0.295 e. The van der Waals surface area contributed by atoms with E-state index >= 15 is 0 Å². The molecule has 0 radical (unpaired) electrons. The summed E-state index contributed by atoms with van der Waals surface area (Å²) in [5.41, 5.74) is 1.08. The number of aromatic nitrogens is 3. The highest BCUT2D eigenvalue weighted by Crippen LogP contribution is 2.28. The third-order valence-electron chi connectivity index (χ3n) is 5.58. The molecule has 0 bridgehead atoms. The number of carbonyl (C=O) groups is 1. The molecule has 1 amide bonds. The predicted molar refractivity (Wildman–Crippen MR) is 111 cm³/mol. The van der Waals surface area contributed by atoms with E-state index in [4.69, 9.17) is 4.42 Å². The number of amides is 1. The molecule has 1 aliphatic heterocycles. The van der Waals surface area contributed by atoms with Crippen molar-refractivity contribution >= 4 is 11.7 Å². The first-order chi connectivity index (χ1) is 14.1. The SMILES string of the molecule is Cc1ccnc(N(C(=O)c2ccco2)C2CCN(CCn3cccn3)CC2C)c1. The highest BCUT2D eigenvalue weighted by molar-refractivity contribution is 6.04. The average Bonchev–Trinajstić information content (AvgIpc) is 3.42. The van der Waals surface area contributed by atoms with E-state index in [2.05, 4.69) is 21.9 Å². The molecule has 1 saturated heterocycles. The quantitative estimate of drug-likeness (QED) is 0.643. The lowest BCUT2D eigenvalue weighted by atomic mass is 9.92. The van der Waals surface area contributed by atoms with Crippen LogP contribution in [0, 0.1) is 12.8 Å². The number of pyridine rings is 1. The molecule has 29 heavy (non-hydrogen) atoms. The zero-order valence-electron chi connectivity index (χ0n) is 16.9. The molecule has 1 aliphatic rings. The summed E-state index contributed by atoms with van der Waals surface area (Å²) in [6, 6.07) is 9.40. The monoisotopic (exact) mass is 393 g/mol. The summed E-state index contributed by atoms with van der Waals surface area (Å²) < 4.78 is 7.37. The van der Waals surface area contributed by atoms with Crippen LogP contribution in [-0.4, -0.2) is 51.2 Å². The van der Waals surface area contributed by atoms with E-state index in [0.29, 0.717) is 17.5 Å². The molecule has 3 aromatic heterocycles. The van der Waals surface area contributed by atoms with Crippen LogP contribution >= 0.6 is 0 Å². The van der Waals surface area contributed by atoms with Gasteiger partial charge in [0.05, 0.1) is 12.8 Å². The Kier molecular flexibility index (Phi) is 5.76. The molecule has 7 nitrogen and oxygen atoms in total. The molecule has 0 spiro atoms. The molecule has 0 aliphatic carbocycles. The second-order valence-electron chi connectivity index (χ2n) is 7.75. The number of hydrogen-bond donors (Lipinski definition) is 0. The van der Waals surface area contributed by atoms with Crippen LogP contribution in [0.25, 0.3) is 0 Å². The van der Waals surface area contributed by atoms with Gasteiger partial charge in [-0.25, -0.2) is 4.98 Å². The number of nitrogens with zero attached hydrogens (tertiary/aromatic N) is 5. The van der Waals surface area contributed by atoms with Gasteiger partial charge in [0, 0.05) is 44.3 Å². The number of aryl methyl sites for hydroxylation is 1. The highest BCUT2D eigenvalue weighted by atomic mass is 16.3. The third kappa shape index (κ3) is 4.40. The fraction of sp³-hybridized carbons (Fsp3) is 0.409. The van der Waals surface area contributed by atoms with Crippen molar-refractivity contribution in [3.05, 3.63) is 66.5 Å². The molecular formula is C22H27N5O2. The number of furan rings is 1. The first kappa shape index (κ1) is 19.4. The lowest BCUT2D eigenvalue weighted by Gasteiger charge is -2.42. The Morgan fingerprint density at radius 3 is 2.86 bits per heavy atom. The van der Waals surface area contributed by atoms with Crippen LogP contribution in [-0.2, 0) is 6.54 Å². The summed E-state index contributed by atoms with van der Waals surface area (Å²) in [7, 11) is 0. The third-order valence-corrected chi connectivity index (χ3v) is 5.58. The van der Waals surface area contributed by atoms with Crippen LogP contribution < -0.4 is 4.90 Å². The van der Waals surface area contributed by atoms with Crippen molar-refractivity contribution < 1.29 is 9.21 Å². The number of rotatable bonds is 6. The minimum absolute atomic E-state index is 0.0721. The van der Waals surface area contributed by atoms with Crippen LogP contribution in [0.3, 0.4) is 0 Å². The van der Waals surface area contributed by atoms with Crippen molar-refractivity contribution in [2.75, 3.05) is 24.5 Å². The number of likely N-dealkylation sites (tertiary alicyclic amines) is 1. The molecule has 7 heteroatoms. The van der Waals surface area contributed by atoms with Crippen LogP contribution in [0.4, 0.5) is 5.82 Å². The first-order valence-corrected chi connectivity index (χ1v) is 10.1. The Labute approximate surface area is 170 Å². The van der Waals surface area contributed by atoms with Crippen LogP contribution in [0.5, 0.6) is 0 Å². The van der Waals surface area contributed by atoms with E-state index in [0.717, 1.165) is 38.2 Å². The zero-order valence-corrected chi connectivity index (χ0v) is 16.9. The lowest BCUT2D eigenvalue weighted by Crippen LogP contribution is -2.53. The minimum atomic E-state index is -0.130. The number of carbonyl (C=O) groups excluding carboxylic acids is 1. The van der Waals surface area contributed by atoms with Gasteiger partial charge in [-0.15, -0.1) is 0 Å². The van der Waals surface area contributed by atoms with E-state index in [1.165, 1.54) is 6.26 Å². The van der Waals surface area contributed by atoms with Gasteiger partial charge in [0.15, 0.2) is 5.76 Å². The van der Waals surface area contributed by atoms with Gasteiger partial charge in [-0.05, 0) is 55.2 Å². The molecule has 2 unspecified atom stereocenters. The summed E-state index contributed by atoms with van der Waals surface area (Å²) in [4.78, 5) is 22.1. The Balaban J connectivity index is 1.51. The summed E-state index contributed by atoms with van der Waals surface area (Å²) in [5.74, 6) is 1.22. The van der Waals surface area contributed by atoms with Gasteiger partial charge in [-0.2, -0.15) is 5.10 Å². The van der Waals surface area contributed by atoms with Gasteiger partial charge in [-0.3, -0.25) is 14.4 Å². The summed E-state index contributed by atoms with van der Waals surface area (Å²) in [6.45, 7) is 7.92. The van der Waals surface area contributed by atoms with E-state index in [-0.39, 0.29) is 11.9 Å². The predicted octanol–water partition coefficient (Wildman–Crippen LogP) is 3.24. The fourth-order valence-corrected chi connectivity index (χ4v) is 4.08. The van der Waals surface area contributed by atoms with Gasteiger partial charge in [0.1, 0.15) is 5.82 Å². The van der Waals surface area contributed by atoms with Crippen LogP contribution in [0.15, 0.2) is 59.6 Å². The van der Waals surface area contributed by atoms with E-state index < -0.39 is 0 Å². The van der Waals surface area contributed by atoms with Crippen molar-refractivity contribution in [2.24, 2.45) is 5.92 Å². The van der Waals surface area contributed by atoms with Gasteiger partial charge < -0.3 is 9.32 Å². The zero-order chi connectivity index (χ0) is 20.2. The van der Waals surface area contributed by atoms with Crippen LogP contribution in [0.1, 0.15) is 29.5 Å². The van der Waals surface area contributed by atoms with Gasteiger partial charge >= 0.3 is 0 Å². The second-order valence-corrected chi connectivity index (χ2v) is 7.75. The van der Waals surface area contributed by atoms with Crippen molar-refractivity contribution in [2.45, 2.75) is 32.9 Å². The second kappa shape index (κ2) is 8.61. The Morgan fingerprint density at radius 2 is 2.17 bits per heavy atom. The molecule has 4 heterocycles. The van der Waals surface area contributed by atoms with E-state index in [1.807, 2.05) is 47.1 Å². The molecule has 1 fully saturated rings. The maximum atomic E-state index is 13.3. The molecule has 152 valence electrons. The van der Waals surface area contributed by atoms with E-state index in [1.54, 1.807) is 18.3 Å². The normalized spacial score (nSPS) is 19.9. The molecule has 0 aromatic carbocycles. The molecular weight excluding hydrogens is 366 g/mol. The van der Waals surface area contributed by atoms with Crippen molar-refractivity contribution in [1.29, 1.82) is 0 Å². The first-order valence-electron chi connectivity index (χ1n) is 10.1. The van der Waals surface area contributed by atoms with Gasteiger partial charge in [0.2, 0.25) is 0 Å². The van der Waals surface area contributed by atoms with Crippen molar-refractivity contribution in [3.63, 3.8) is 0 Å². The Hall–Kier alpha value is -2.93.